The Hall–Kier alpha value is -3.24. The summed E-state index contributed by atoms with van der Waals surface area (Å²) in [6, 6.07) is -1.11. The molecule has 1 unspecified atom stereocenters. The molecular weight excluding hydrogens is 436 g/mol. The number of amides is 2. The molecule has 33 heavy (non-hydrogen) atoms. The normalized spacial score (nSPS) is 18.8. The Kier molecular flexibility index (Phi) is 6.22. The summed E-state index contributed by atoms with van der Waals surface area (Å²) in [6.45, 7) is 4.29. The minimum absolute atomic E-state index is 0.00433. The van der Waals surface area contributed by atoms with Crippen LogP contribution in [-0.4, -0.2) is 61.1 Å². The van der Waals surface area contributed by atoms with Gasteiger partial charge in [-0.05, 0) is 37.7 Å². The molecule has 2 aliphatic rings. The topological polar surface area (TPSA) is 109 Å². The second-order valence-corrected chi connectivity index (χ2v) is 9.00. The first-order valence-electron chi connectivity index (χ1n) is 11.1. The summed E-state index contributed by atoms with van der Waals surface area (Å²) < 4.78 is 28.8. The molecule has 178 valence electrons. The zero-order chi connectivity index (χ0) is 23.9. The minimum Gasteiger partial charge on any atom is -0.492 e. The molecule has 1 aliphatic heterocycles. The number of rotatable bonds is 7. The van der Waals surface area contributed by atoms with Gasteiger partial charge in [0.1, 0.15) is 5.65 Å². The summed E-state index contributed by atoms with van der Waals surface area (Å²) in [5, 5.41) is 17.5. The van der Waals surface area contributed by atoms with E-state index >= 15 is 0 Å². The van der Waals surface area contributed by atoms with E-state index in [1.807, 2.05) is 13.8 Å². The molecule has 1 atom stereocenters. The SMILES string of the molecule is CC(C)Cn1c(=O)c(C(=O)NC2CC2)c(O)n2ncc(C=CC(=O)N3CCCC3C(F)F)c12. The first kappa shape index (κ1) is 22.9. The lowest BCUT2D eigenvalue weighted by molar-refractivity contribution is -0.129. The van der Waals surface area contributed by atoms with E-state index in [1.165, 1.54) is 22.9 Å². The Balaban J connectivity index is 1.74. The van der Waals surface area contributed by atoms with Crippen molar-refractivity contribution in [2.75, 3.05) is 6.54 Å². The number of carbonyl (C=O) groups excluding carboxylic acids is 2. The molecule has 2 N–H and O–H groups in total. The van der Waals surface area contributed by atoms with Crippen LogP contribution < -0.4 is 10.9 Å². The third-order valence-corrected chi connectivity index (χ3v) is 5.88. The van der Waals surface area contributed by atoms with E-state index in [0.29, 0.717) is 12.0 Å². The standard InChI is InChI=1S/C22H27F2N5O4/c1-12(2)11-28-20-13(5-8-16(30)27-9-3-4-15(27)18(23)24)10-25-29(20)22(33)17(21(28)32)19(31)26-14-6-7-14/h5,8,10,12,14-15,18,33H,3-4,6-7,9,11H2,1-2H3,(H,26,31). The van der Waals surface area contributed by atoms with E-state index in [9.17, 15) is 28.3 Å². The molecule has 2 aromatic rings. The molecule has 4 rings (SSSR count). The number of carbonyl (C=O) groups is 2. The van der Waals surface area contributed by atoms with Crippen molar-refractivity contribution in [1.82, 2.24) is 24.4 Å². The number of nitrogens with zero attached hydrogens (tertiary/aromatic N) is 4. The van der Waals surface area contributed by atoms with Gasteiger partial charge in [0.05, 0.1) is 12.2 Å². The van der Waals surface area contributed by atoms with E-state index in [2.05, 4.69) is 10.4 Å². The number of hydrogen-bond acceptors (Lipinski definition) is 5. The van der Waals surface area contributed by atoms with Crippen LogP contribution in [-0.2, 0) is 11.3 Å². The van der Waals surface area contributed by atoms with E-state index < -0.39 is 35.7 Å². The van der Waals surface area contributed by atoms with Gasteiger partial charge in [-0.2, -0.15) is 9.61 Å². The van der Waals surface area contributed by atoms with Crippen LogP contribution in [0.2, 0.25) is 0 Å². The zero-order valence-electron chi connectivity index (χ0n) is 18.5. The van der Waals surface area contributed by atoms with E-state index in [4.69, 9.17) is 0 Å². The highest BCUT2D eigenvalue weighted by Crippen LogP contribution is 2.25. The number of hydrogen-bond donors (Lipinski definition) is 2. The molecule has 3 heterocycles. The maximum absolute atomic E-state index is 13.2. The van der Waals surface area contributed by atoms with Crippen LogP contribution in [0.5, 0.6) is 5.88 Å². The fourth-order valence-electron chi connectivity index (χ4n) is 4.13. The third-order valence-electron chi connectivity index (χ3n) is 5.88. The Morgan fingerprint density at radius 2 is 2.03 bits per heavy atom. The van der Waals surface area contributed by atoms with Crippen molar-refractivity contribution in [3.8, 4) is 5.88 Å². The van der Waals surface area contributed by atoms with Crippen LogP contribution in [0.25, 0.3) is 11.7 Å². The molecule has 2 amide bonds. The van der Waals surface area contributed by atoms with Crippen molar-refractivity contribution in [2.24, 2.45) is 5.92 Å². The van der Waals surface area contributed by atoms with Crippen molar-refractivity contribution in [2.45, 2.75) is 64.6 Å². The third kappa shape index (κ3) is 4.49. The largest absolute Gasteiger partial charge is 0.492 e. The molecule has 1 saturated heterocycles. The molecule has 2 fully saturated rings. The molecule has 0 aromatic carbocycles. The van der Waals surface area contributed by atoms with Gasteiger partial charge < -0.3 is 15.3 Å². The summed E-state index contributed by atoms with van der Waals surface area (Å²) in [6.07, 6.45) is 3.71. The summed E-state index contributed by atoms with van der Waals surface area (Å²) in [4.78, 5) is 39.5. The Bertz CT molecular complexity index is 1170. The maximum Gasteiger partial charge on any atom is 0.270 e. The number of halogens is 2. The fourth-order valence-corrected chi connectivity index (χ4v) is 4.13. The molecule has 0 radical (unpaired) electrons. The first-order valence-corrected chi connectivity index (χ1v) is 11.1. The number of fused-ring (bicyclic) bond motifs is 1. The van der Waals surface area contributed by atoms with E-state index in [-0.39, 0.29) is 42.7 Å². The molecule has 0 bridgehead atoms. The summed E-state index contributed by atoms with van der Waals surface area (Å²) in [7, 11) is 0. The molecular formula is C22H27F2N5O4. The Labute approximate surface area is 188 Å². The first-order chi connectivity index (χ1) is 15.7. The van der Waals surface area contributed by atoms with Gasteiger partial charge in [-0.15, -0.1) is 0 Å². The van der Waals surface area contributed by atoms with Crippen LogP contribution in [0.1, 0.15) is 55.5 Å². The lowest BCUT2D eigenvalue weighted by Gasteiger charge is -2.22. The van der Waals surface area contributed by atoms with Crippen LogP contribution in [0.4, 0.5) is 8.78 Å². The molecule has 2 aromatic heterocycles. The lowest BCUT2D eigenvalue weighted by atomic mass is 10.2. The van der Waals surface area contributed by atoms with Crippen molar-refractivity contribution in [3.05, 3.63) is 33.8 Å². The van der Waals surface area contributed by atoms with Crippen LogP contribution in [0.3, 0.4) is 0 Å². The maximum atomic E-state index is 13.2. The lowest BCUT2D eigenvalue weighted by Crippen LogP contribution is -2.38. The summed E-state index contributed by atoms with van der Waals surface area (Å²) in [5.41, 5.74) is -0.490. The number of likely N-dealkylation sites (tertiary alicyclic amines) is 1. The van der Waals surface area contributed by atoms with Crippen molar-refractivity contribution in [3.63, 3.8) is 0 Å². The molecule has 0 spiro atoms. The summed E-state index contributed by atoms with van der Waals surface area (Å²) in [5.74, 6) is -1.77. The van der Waals surface area contributed by atoms with Gasteiger partial charge in [-0.25, -0.2) is 8.78 Å². The van der Waals surface area contributed by atoms with Gasteiger partial charge in [0, 0.05) is 30.8 Å². The second-order valence-electron chi connectivity index (χ2n) is 9.00. The smallest absolute Gasteiger partial charge is 0.270 e. The Morgan fingerprint density at radius 3 is 2.67 bits per heavy atom. The molecule has 11 heteroatoms. The number of alkyl halides is 2. The summed E-state index contributed by atoms with van der Waals surface area (Å²) >= 11 is 0. The second kappa shape index (κ2) is 8.95. The zero-order valence-corrected chi connectivity index (χ0v) is 18.5. The Morgan fingerprint density at radius 1 is 1.30 bits per heavy atom. The van der Waals surface area contributed by atoms with Gasteiger partial charge in [0.15, 0.2) is 5.56 Å². The average Bonchev–Trinajstić information content (AvgIpc) is 3.25. The predicted molar refractivity (Wildman–Crippen MR) is 116 cm³/mol. The minimum atomic E-state index is -2.62. The van der Waals surface area contributed by atoms with Gasteiger partial charge >= 0.3 is 0 Å². The van der Waals surface area contributed by atoms with Crippen LogP contribution in [0, 0.1) is 5.92 Å². The van der Waals surface area contributed by atoms with Crippen molar-refractivity contribution >= 4 is 23.5 Å². The molecule has 1 aliphatic carbocycles. The van der Waals surface area contributed by atoms with Gasteiger partial charge in [-0.1, -0.05) is 13.8 Å². The molecule has 1 saturated carbocycles. The van der Waals surface area contributed by atoms with Crippen LogP contribution >= 0.6 is 0 Å². The van der Waals surface area contributed by atoms with Crippen molar-refractivity contribution in [1.29, 1.82) is 0 Å². The number of aromatic hydroxyl groups is 1. The highest BCUT2D eigenvalue weighted by Gasteiger charge is 2.34. The van der Waals surface area contributed by atoms with Gasteiger partial charge in [-0.3, -0.25) is 19.0 Å². The number of aromatic nitrogens is 3. The predicted octanol–water partition coefficient (Wildman–Crippen LogP) is 2.02. The molecule has 9 nitrogen and oxygen atoms in total. The van der Waals surface area contributed by atoms with Crippen LogP contribution in [0.15, 0.2) is 17.1 Å². The van der Waals surface area contributed by atoms with Gasteiger partial charge in [0.2, 0.25) is 11.8 Å². The van der Waals surface area contributed by atoms with E-state index in [0.717, 1.165) is 22.3 Å². The van der Waals surface area contributed by atoms with Crippen molar-refractivity contribution < 1.29 is 23.5 Å². The fraction of sp³-hybridized carbons (Fsp3) is 0.545. The highest BCUT2D eigenvalue weighted by atomic mass is 19.3. The highest BCUT2D eigenvalue weighted by molar-refractivity contribution is 5.97. The van der Waals surface area contributed by atoms with E-state index in [1.54, 1.807) is 0 Å². The van der Waals surface area contributed by atoms with Gasteiger partial charge in [0.25, 0.3) is 17.9 Å². The average molecular weight is 463 g/mol. The quantitative estimate of drug-likeness (QED) is 0.611. The monoisotopic (exact) mass is 463 g/mol. The number of nitrogens with one attached hydrogen (secondary N) is 1.